The van der Waals surface area contributed by atoms with Gasteiger partial charge in [-0.3, -0.25) is 4.79 Å². The number of piperidine rings is 1. The fourth-order valence-electron chi connectivity index (χ4n) is 2.73. The summed E-state index contributed by atoms with van der Waals surface area (Å²) in [6.45, 7) is 3.04. The first-order valence-electron chi connectivity index (χ1n) is 7.67. The number of likely N-dealkylation sites (tertiary alicyclic amines) is 1. The Hall–Kier alpha value is -1.43. The number of nitrogens with two attached hydrogens (primary N) is 1. The topological polar surface area (TPSA) is 78.6 Å². The summed E-state index contributed by atoms with van der Waals surface area (Å²) in [7, 11) is 0. The number of nitrogens with zero attached hydrogens (tertiary/aromatic N) is 1. The summed E-state index contributed by atoms with van der Waals surface area (Å²) < 4.78 is 0. The predicted molar refractivity (Wildman–Crippen MR) is 83.9 cm³/mol. The lowest BCUT2D eigenvalue weighted by atomic mass is 10.1. The van der Waals surface area contributed by atoms with E-state index in [1.54, 1.807) is 0 Å². The molecule has 1 aromatic rings. The normalized spacial score (nSPS) is 19.4. The largest absolute Gasteiger partial charge is 0.392 e. The zero-order valence-corrected chi connectivity index (χ0v) is 12.4. The van der Waals surface area contributed by atoms with Crippen LogP contribution < -0.4 is 11.1 Å². The highest BCUT2D eigenvalue weighted by molar-refractivity contribution is 5.91. The number of rotatable bonds is 6. The van der Waals surface area contributed by atoms with Crippen LogP contribution in [0.3, 0.4) is 0 Å². The number of anilines is 1. The molecule has 1 saturated heterocycles. The van der Waals surface area contributed by atoms with Crippen LogP contribution >= 0.6 is 0 Å². The van der Waals surface area contributed by atoms with Crippen molar-refractivity contribution < 1.29 is 9.90 Å². The lowest BCUT2D eigenvalue weighted by molar-refractivity contribution is -0.116. The van der Waals surface area contributed by atoms with Crippen LogP contribution in [0, 0.1) is 0 Å². The standard InChI is InChI=1S/C16H25N3O2/c17-11-13-5-1-2-7-15(13)18-16(21)8-4-10-19-9-3-6-14(20)12-19/h1-2,5,7,14,20H,3-4,6,8-12,17H2,(H,18,21). The van der Waals surface area contributed by atoms with Gasteiger partial charge in [0.25, 0.3) is 0 Å². The summed E-state index contributed by atoms with van der Waals surface area (Å²) in [4.78, 5) is 14.2. The van der Waals surface area contributed by atoms with Crippen LogP contribution in [0.25, 0.3) is 0 Å². The van der Waals surface area contributed by atoms with E-state index in [1.165, 1.54) is 0 Å². The molecule has 0 spiro atoms. The summed E-state index contributed by atoms with van der Waals surface area (Å²) in [6.07, 6.45) is 3.03. The monoisotopic (exact) mass is 291 g/mol. The maximum atomic E-state index is 12.0. The molecule has 0 radical (unpaired) electrons. The molecule has 1 aromatic carbocycles. The zero-order chi connectivity index (χ0) is 15.1. The van der Waals surface area contributed by atoms with Gasteiger partial charge in [0, 0.05) is 25.2 Å². The van der Waals surface area contributed by atoms with Gasteiger partial charge in [0.05, 0.1) is 6.10 Å². The van der Waals surface area contributed by atoms with E-state index >= 15 is 0 Å². The Balaban J connectivity index is 1.72. The molecule has 1 fully saturated rings. The third-order valence-corrected chi connectivity index (χ3v) is 3.87. The molecule has 2 rings (SSSR count). The fourth-order valence-corrected chi connectivity index (χ4v) is 2.73. The van der Waals surface area contributed by atoms with Crippen LogP contribution in [0.15, 0.2) is 24.3 Å². The van der Waals surface area contributed by atoms with Crippen LogP contribution in [0.4, 0.5) is 5.69 Å². The van der Waals surface area contributed by atoms with Gasteiger partial charge in [-0.25, -0.2) is 0 Å². The highest BCUT2D eigenvalue weighted by atomic mass is 16.3. The molecule has 0 bridgehead atoms. The van der Waals surface area contributed by atoms with Crippen molar-refractivity contribution in [3.8, 4) is 0 Å². The number of benzene rings is 1. The second-order valence-electron chi connectivity index (χ2n) is 5.61. The number of para-hydroxylation sites is 1. The van der Waals surface area contributed by atoms with Gasteiger partial charge in [0.2, 0.25) is 5.91 Å². The van der Waals surface area contributed by atoms with Gasteiger partial charge in [-0.15, -0.1) is 0 Å². The van der Waals surface area contributed by atoms with Gasteiger partial charge >= 0.3 is 0 Å². The zero-order valence-electron chi connectivity index (χ0n) is 12.4. The predicted octanol–water partition coefficient (Wildman–Crippen LogP) is 1.32. The maximum absolute atomic E-state index is 12.0. The summed E-state index contributed by atoms with van der Waals surface area (Å²) in [5.74, 6) is 0.0217. The lowest BCUT2D eigenvalue weighted by Gasteiger charge is -2.29. The SMILES string of the molecule is NCc1ccccc1NC(=O)CCCN1CCCC(O)C1. The fraction of sp³-hybridized carbons (Fsp3) is 0.562. The number of hydrogen-bond acceptors (Lipinski definition) is 4. The van der Waals surface area contributed by atoms with E-state index in [2.05, 4.69) is 10.2 Å². The molecule has 4 N–H and O–H groups in total. The molecule has 0 saturated carbocycles. The van der Waals surface area contributed by atoms with Gasteiger partial charge in [-0.1, -0.05) is 18.2 Å². The maximum Gasteiger partial charge on any atom is 0.224 e. The average molecular weight is 291 g/mol. The van der Waals surface area contributed by atoms with Gasteiger partial charge in [-0.05, 0) is 44.0 Å². The third-order valence-electron chi connectivity index (χ3n) is 3.87. The van der Waals surface area contributed by atoms with E-state index in [1.807, 2.05) is 24.3 Å². The second kappa shape index (κ2) is 8.12. The van der Waals surface area contributed by atoms with Crippen LogP contribution in [0.2, 0.25) is 0 Å². The van der Waals surface area contributed by atoms with E-state index in [9.17, 15) is 9.90 Å². The number of carbonyl (C=O) groups is 1. The van der Waals surface area contributed by atoms with Crippen LogP contribution in [0.5, 0.6) is 0 Å². The summed E-state index contributed by atoms with van der Waals surface area (Å²) >= 11 is 0. The summed E-state index contributed by atoms with van der Waals surface area (Å²) in [5.41, 5.74) is 7.41. The van der Waals surface area contributed by atoms with E-state index < -0.39 is 0 Å². The van der Waals surface area contributed by atoms with Crippen molar-refractivity contribution in [1.29, 1.82) is 0 Å². The number of hydrogen-bond donors (Lipinski definition) is 3. The van der Waals surface area contributed by atoms with E-state index in [4.69, 9.17) is 5.73 Å². The first-order chi connectivity index (χ1) is 10.2. The minimum atomic E-state index is -0.205. The van der Waals surface area contributed by atoms with Gasteiger partial charge in [0.15, 0.2) is 0 Å². The summed E-state index contributed by atoms with van der Waals surface area (Å²) in [5, 5.41) is 12.5. The minimum absolute atomic E-state index is 0.0217. The number of aliphatic hydroxyl groups excluding tert-OH is 1. The average Bonchev–Trinajstić information content (AvgIpc) is 2.48. The number of aliphatic hydroxyl groups is 1. The van der Waals surface area contributed by atoms with Crippen LogP contribution in [-0.2, 0) is 11.3 Å². The van der Waals surface area contributed by atoms with Crippen molar-refractivity contribution in [2.75, 3.05) is 25.0 Å². The number of β-amino-alcohol motifs (C(OH)–C–C–N with tert-alkyl or cyclic N) is 1. The molecule has 1 unspecified atom stereocenters. The smallest absolute Gasteiger partial charge is 0.224 e. The Bertz CT molecular complexity index is 465. The van der Waals surface area contributed by atoms with E-state index in [0.29, 0.717) is 13.0 Å². The highest BCUT2D eigenvalue weighted by Crippen LogP contribution is 2.15. The molecular weight excluding hydrogens is 266 g/mol. The lowest BCUT2D eigenvalue weighted by Crippen LogP contribution is -2.38. The van der Waals surface area contributed by atoms with Crippen molar-refractivity contribution >= 4 is 11.6 Å². The quantitative estimate of drug-likeness (QED) is 0.738. The Kier molecular flexibility index (Phi) is 6.17. The Morgan fingerprint density at radius 3 is 3.00 bits per heavy atom. The molecule has 1 atom stereocenters. The van der Waals surface area contributed by atoms with E-state index in [-0.39, 0.29) is 12.0 Å². The van der Waals surface area contributed by atoms with Gasteiger partial charge < -0.3 is 21.1 Å². The molecule has 21 heavy (non-hydrogen) atoms. The molecule has 1 aliphatic heterocycles. The molecule has 0 aromatic heterocycles. The number of amides is 1. The van der Waals surface area contributed by atoms with Crippen LogP contribution in [-0.4, -0.2) is 41.7 Å². The summed E-state index contributed by atoms with van der Waals surface area (Å²) in [6, 6.07) is 7.61. The van der Waals surface area contributed by atoms with Gasteiger partial charge in [0.1, 0.15) is 0 Å². The van der Waals surface area contributed by atoms with Gasteiger partial charge in [-0.2, -0.15) is 0 Å². The van der Waals surface area contributed by atoms with Crippen molar-refractivity contribution in [1.82, 2.24) is 4.90 Å². The first kappa shape index (κ1) is 15.9. The number of nitrogens with one attached hydrogen (secondary N) is 1. The molecule has 5 nitrogen and oxygen atoms in total. The molecule has 116 valence electrons. The Labute approximate surface area is 126 Å². The highest BCUT2D eigenvalue weighted by Gasteiger charge is 2.17. The first-order valence-corrected chi connectivity index (χ1v) is 7.67. The Morgan fingerprint density at radius 2 is 2.24 bits per heavy atom. The van der Waals surface area contributed by atoms with Crippen molar-refractivity contribution in [2.24, 2.45) is 5.73 Å². The molecule has 1 amide bonds. The van der Waals surface area contributed by atoms with Crippen molar-refractivity contribution in [3.63, 3.8) is 0 Å². The minimum Gasteiger partial charge on any atom is -0.392 e. The molecule has 5 heteroatoms. The van der Waals surface area contributed by atoms with Crippen molar-refractivity contribution in [3.05, 3.63) is 29.8 Å². The van der Waals surface area contributed by atoms with E-state index in [0.717, 1.165) is 50.1 Å². The second-order valence-corrected chi connectivity index (χ2v) is 5.61. The Morgan fingerprint density at radius 1 is 1.43 bits per heavy atom. The molecule has 1 heterocycles. The molecule has 1 aliphatic rings. The molecular formula is C16H25N3O2. The third kappa shape index (κ3) is 5.12. The van der Waals surface area contributed by atoms with Crippen LogP contribution in [0.1, 0.15) is 31.2 Å². The molecule has 0 aliphatic carbocycles. The number of carbonyl (C=O) groups excluding carboxylic acids is 1. The van der Waals surface area contributed by atoms with Crippen molar-refractivity contribution in [2.45, 2.75) is 38.3 Å².